The topological polar surface area (TPSA) is 94.0 Å². The van der Waals surface area contributed by atoms with Crippen molar-refractivity contribution in [3.8, 4) is 11.5 Å². The lowest BCUT2D eigenvalue weighted by Gasteiger charge is -2.33. The predicted octanol–water partition coefficient (Wildman–Crippen LogP) is 2.76. The summed E-state index contributed by atoms with van der Waals surface area (Å²) in [6.07, 6.45) is 3.65. The lowest BCUT2D eigenvalue weighted by Crippen LogP contribution is -2.35. The zero-order valence-electron chi connectivity index (χ0n) is 14.3. The number of hydrogen-bond donors (Lipinski definition) is 0. The highest BCUT2D eigenvalue weighted by molar-refractivity contribution is 5.47. The molecule has 1 aliphatic heterocycles. The maximum atomic E-state index is 5.55. The van der Waals surface area contributed by atoms with Gasteiger partial charge in [-0.2, -0.15) is 4.98 Å². The van der Waals surface area contributed by atoms with Gasteiger partial charge in [-0.05, 0) is 45.0 Å². The van der Waals surface area contributed by atoms with Crippen LogP contribution in [-0.4, -0.2) is 43.3 Å². The second kappa shape index (κ2) is 6.72. The molecule has 1 fully saturated rings. The largest absolute Gasteiger partial charge is 0.424 e. The Morgan fingerprint density at radius 2 is 2.04 bits per heavy atom. The Labute approximate surface area is 145 Å². The molecule has 4 heterocycles. The molecule has 8 nitrogen and oxygen atoms in total. The molecule has 3 aromatic heterocycles. The Balaban J connectivity index is 1.40. The molecule has 0 amide bonds. The Morgan fingerprint density at radius 1 is 1.20 bits per heavy atom. The van der Waals surface area contributed by atoms with E-state index in [0.717, 1.165) is 31.6 Å². The van der Waals surface area contributed by atoms with Crippen LogP contribution in [0.1, 0.15) is 49.4 Å². The van der Waals surface area contributed by atoms with Crippen LogP contribution in [0.4, 0.5) is 0 Å². The molecule has 0 aliphatic carbocycles. The van der Waals surface area contributed by atoms with E-state index in [2.05, 4.69) is 37.1 Å². The van der Waals surface area contributed by atoms with Crippen LogP contribution < -0.4 is 0 Å². The van der Waals surface area contributed by atoms with Crippen molar-refractivity contribution in [2.75, 3.05) is 13.1 Å². The summed E-state index contributed by atoms with van der Waals surface area (Å²) in [5.41, 5.74) is 0.732. The molecule has 1 atom stereocenters. The van der Waals surface area contributed by atoms with Crippen molar-refractivity contribution in [2.45, 2.75) is 38.6 Å². The number of nitrogens with zero attached hydrogens (tertiary/aromatic N) is 6. The van der Waals surface area contributed by atoms with Crippen molar-refractivity contribution < 1.29 is 8.94 Å². The minimum Gasteiger partial charge on any atom is -0.424 e. The molecular formula is C17H20N6O2. The molecule has 130 valence electrons. The van der Waals surface area contributed by atoms with Gasteiger partial charge in [-0.25, -0.2) is 0 Å². The highest BCUT2D eigenvalue weighted by Gasteiger charge is 2.29. The summed E-state index contributed by atoms with van der Waals surface area (Å²) in [4.78, 5) is 11.1. The highest BCUT2D eigenvalue weighted by Crippen LogP contribution is 2.31. The third kappa shape index (κ3) is 3.30. The fraction of sp³-hybridized carbons (Fsp3) is 0.471. The van der Waals surface area contributed by atoms with E-state index in [4.69, 9.17) is 8.94 Å². The van der Waals surface area contributed by atoms with Gasteiger partial charge in [0.2, 0.25) is 23.5 Å². The number of piperidine rings is 1. The van der Waals surface area contributed by atoms with Crippen molar-refractivity contribution in [3.05, 3.63) is 42.1 Å². The summed E-state index contributed by atoms with van der Waals surface area (Å²) >= 11 is 0. The van der Waals surface area contributed by atoms with Gasteiger partial charge in [-0.15, -0.1) is 10.2 Å². The van der Waals surface area contributed by atoms with Gasteiger partial charge in [-0.1, -0.05) is 11.2 Å². The average Bonchev–Trinajstić information content (AvgIpc) is 3.31. The van der Waals surface area contributed by atoms with Crippen LogP contribution in [0.25, 0.3) is 11.5 Å². The third-order valence-corrected chi connectivity index (χ3v) is 4.66. The monoisotopic (exact) mass is 340 g/mol. The van der Waals surface area contributed by atoms with Crippen molar-refractivity contribution in [1.29, 1.82) is 0 Å². The Morgan fingerprint density at radius 3 is 2.72 bits per heavy atom. The number of aromatic nitrogens is 5. The summed E-state index contributed by atoms with van der Waals surface area (Å²) in [5.74, 6) is 2.79. The van der Waals surface area contributed by atoms with Crippen LogP contribution in [0.15, 0.2) is 33.3 Å². The first kappa shape index (κ1) is 15.9. The molecule has 0 N–H and O–H groups in total. The van der Waals surface area contributed by atoms with Crippen LogP contribution in [-0.2, 0) is 0 Å². The van der Waals surface area contributed by atoms with E-state index < -0.39 is 0 Å². The molecule has 3 aromatic rings. The third-order valence-electron chi connectivity index (χ3n) is 4.66. The molecule has 0 bridgehead atoms. The van der Waals surface area contributed by atoms with E-state index in [9.17, 15) is 0 Å². The molecule has 8 heteroatoms. The van der Waals surface area contributed by atoms with Crippen LogP contribution in [0, 0.1) is 6.92 Å². The number of aryl methyl sites for hydroxylation is 1. The molecule has 0 spiro atoms. The fourth-order valence-electron chi connectivity index (χ4n) is 3.17. The maximum Gasteiger partial charge on any atom is 0.233 e. The number of hydrogen-bond acceptors (Lipinski definition) is 8. The van der Waals surface area contributed by atoms with Crippen LogP contribution in [0.3, 0.4) is 0 Å². The van der Waals surface area contributed by atoms with E-state index in [0.29, 0.717) is 23.5 Å². The van der Waals surface area contributed by atoms with Crippen LogP contribution >= 0.6 is 0 Å². The van der Waals surface area contributed by atoms with Gasteiger partial charge in [0.05, 0.1) is 6.04 Å². The smallest absolute Gasteiger partial charge is 0.233 e. The average molecular weight is 340 g/mol. The summed E-state index contributed by atoms with van der Waals surface area (Å²) in [7, 11) is 0. The zero-order valence-corrected chi connectivity index (χ0v) is 14.3. The maximum absolute atomic E-state index is 5.55. The number of pyridine rings is 1. The van der Waals surface area contributed by atoms with Gasteiger partial charge in [0.15, 0.2) is 0 Å². The summed E-state index contributed by atoms with van der Waals surface area (Å²) in [5, 5.41) is 12.1. The van der Waals surface area contributed by atoms with Gasteiger partial charge in [0, 0.05) is 19.0 Å². The molecule has 0 saturated carbocycles. The molecule has 25 heavy (non-hydrogen) atoms. The predicted molar refractivity (Wildman–Crippen MR) is 88.5 cm³/mol. The van der Waals surface area contributed by atoms with Gasteiger partial charge < -0.3 is 8.94 Å². The van der Waals surface area contributed by atoms with E-state index in [1.165, 1.54) is 0 Å². The SMILES string of the molecule is Cc1nnc(C(C)N2CCC(c3nc(-c4ccccn4)no3)CC2)o1. The first-order valence-electron chi connectivity index (χ1n) is 8.50. The van der Waals surface area contributed by atoms with Crippen LogP contribution in [0.5, 0.6) is 0 Å². The number of likely N-dealkylation sites (tertiary alicyclic amines) is 1. The molecular weight excluding hydrogens is 320 g/mol. The zero-order chi connectivity index (χ0) is 17.2. The molecule has 1 saturated heterocycles. The molecule has 0 radical (unpaired) electrons. The fourth-order valence-corrected chi connectivity index (χ4v) is 3.17. The summed E-state index contributed by atoms with van der Waals surface area (Å²) in [6, 6.07) is 5.78. The Hall–Kier alpha value is -2.61. The van der Waals surface area contributed by atoms with Crippen molar-refractivity contribution in [1.82, 2.24) is 30.2 Å². The van der Waals surface area contributed by atoms with Crippen LogP contribution in [0.2, 0.25) is 0 Å². The molecule has 1 aliphatic rings. The van der Waals surface area contributed by atoms with Gasteiger partial charge in [0.1, 0.15) is 5.69 Å². The molecule has 4 rings (SSSR count). The minimum absolute atomic E-state index is 0.119. The summed E-state index contributed by atoms with van der Waals surface area (Å²) in [6.45, 7) is 5.76. The second-order valence-corrected chi connectivity index (χ2v) is 6.32. The number of rotatable bonds is 4. The lowest BCUT2D eigenvalue weighted by molar-refractivity contribution is 0.133. The second-order valence-electron chi connectivity index (χ2n) is 6.32. The van der Waals surface area contributed by atoms with E-state index in [-0.39, 0.29) is 12.0 Å². The Kier molecular flexibility index (Phi) is 4.27. The first-order valence-corrected chi connectivity index (χ1v) is 8.50. The molecule has 1 unspecified atom stereocenters. The van der Waals surface area contributed by atoms with Crippen molar-refractivity contribution in [2.24, 2.45) is 0 Å². The van der Waals surface area contributed by atoms with E-state index in [1.807, 2.05) is 25.1 Å². The van der Waals surface area contributed by atoms with Crippen molar-refractivity contribution in [3.63, 3.8) is 0 Å². The lowest BCUT2D eigenvalue weighted by atomic mass is 9.96. The Bertz CT molecular complexity index is 823. The van der Waals surface area contributed by atoms with Gasteiger partial charge in [-0.3, -0.25) is 9.88 Å². The normalized spacial score (nSPS) is 17.7. The minimum atomic E-state index is 0.119. The van der Waals surface area contributed by atoms with Crippen molar-refractivity contribution >= 4 is 0 Å². The quantitative estimate of drug-likeness (QED) is 0.715. The highest BCUT2D eigenvalue weighted by atomic mass is 16.5. The van der Waals surface area contributed by atoms with E-state index in [1.54, 1.807) is 6.20 Å². The molecule has 0 aromatic carbocycles. The summed E-state index contributed by atoms with van der Waals surface area (Å²) < 4.78 is 11.0. The standard InChI is InChI=1S/C17H20N6O2/c1-11(16-21-20-12(2)24-16)23-9-6-13(7-10-23)17-19-15(22-25-17)14-5-3-4-8-18-14/h3-5,8,11,13H,6-7,9-10H2,1-2H3. The van der Waals surface area contributed by atoms with Gasteiger partial charge >= 0.3 is 0 Å². The van der Waals surface area contributed by atoms with Gasteiger partial charge in [0.25, 0.3) is 0 Å². The van der Waals surface area contributed by atoms with E-state index >= 15 is 0 Å². The first-order chi connectivity index (χ1) is 12.2.